The molecule has 0 radical (unpaired) electrons. The predicted molar refractivity (Wildman–Crippen MR) is 117 cm³/mol. The fraction of sp³-hybridized carbons (Fsp3) is 0.455. The zero-order chi connectivity index (χ0) is 21.7. The zero-order valence-corrected chi connectivity index (χ0v) is 17.5. The van der Waals surface area contributed by atoms with Crippen LogP contribution >= 0.6 is 0 Å². The number of anilines is 1. The summed E-state index contributed by atoms with van der Waals surface area (Å²) >= 11 is 0. The summed E-state index contributed by atoms with van der Waals surface area (Å²) in [6.07, 6.45) is 2.93. The van der Waals surface area contributed by atoms with Gasteiger partial charge in [-0.15, -0.1) is 0 Å². The lowest BCUT2D eigenvalue weighted by Crippen LogP contribution is -2.14. The molecule has 0 saturated carbocycles. The Morgan fingerprint density at radius 1 is 0.935 bits per heavy atom. The summed E-state index contributed by atoms with van der Waals surface area (Å²) in [5, 5.41) is 6.61. The van der Waals surface area contributed by atoms with E-state index in [0.717, 1.165) is 28.1 Å². The molecule has 1 aromatic carbocycles. The minimum Gasteiger partial charge on any atom is -0.379 e. The molecule has 9 nitrogen and oxygen atoms in total. The summed E-state index contributed by atoms with van der Waals surface area (Å²) in [5.74, 6) is 1.07. The molecule has 1 N–H and O–H groups in total. The van der Waals surface area contributed by atoms with Gasteiger partial charge in [0.2, 0.25) is 0 Å². The van der Waals surface area contributed by atoms with Gasteiger partial charge in [-0.25, -0.2) is 4.98 Å². The highest BCUT2D eigenvalue weighted by Crippen LogP contribution is 2.27. The third-order valence-electron chi connectivity index (χ3n) is 4.77. The minimum absolute atomic E-state index is 0.284. The molecule has 0 spiro atoms. The fourth-order valence-electron chi connectivity index (χ4n) is 3.24. The van der Waals surface area contributed by atoms with Crippen LogP contribution in [0.2, 0.25) is 0 Å². The molecule has 0 atom stereocenters. The van der Waals surface area contributed by atoms with Crippen LogP contribution in [0, 0.1) is 0 Å². The third kappa shape index (κ3) is 7.66. The van der Waals surface area contributed by atoms with Crippen molar-refractivity contribution in [2.24, 2.45) is 5.11 Å². The van der Waals surface area contributed by atoms with Crippen LogP contribution in [-0.2, 0) is 31.8 Å². The van der Waals surface area contributed by atoms with E-state index in [1.165, 1.54) is 0 Å². The van der Waals surface area contributed by atoms with Crippen LogP contribution in [0.1, 0.15) is 11.1 Å². The molecule has 9 heteroatoms. The second-order valence-electron chi connectivity index (χ2n) is 7.03. The van der Waals surface area contributed by atoms with Gasteiger partial charge >= 0.3 is 0 Å². The van der Waals surface area contributed by atoms with Crippen molar-refractivity contribution in [2.45, 2.75) is 12.8 Å². The molecule has 164 valence electrons. The summed E-state index contributed by atoms with van der Waals surface area (Å²) in [5.41, 5.74) is 12.5. The number of benzene rings is 1. The number of nitrogens with zero attached hydrogens (tertiary/aromatic N) is 4. The van der Waals surface area contributed by atoms with E-state index in [4.69, 9.17) is 19.7 Å². The van der Waals surface area contributed by atoms with Crippen LogP contribution in [0.15, 0.2) is 41.6 Å². The highest BCUT2D eigenvalue weighted by atomic mass is 16.5. The van der Waals surface area contributed by atoms with Gasteiger partial charge in [0, 0.05) is 42.6 Å². The molecule has 0 bridgehead atoms. The van der Waals surface area contributed by atoms with Crippen molar-refractivity contribution < 1.29 is 19.0 Å². The Kier molecular flexibility index (Phi) is 9.28. The van der Waals surface area contributed by atoms with Crippen molar-refractivity contribution >= 4 is 11.6 Å². The van der Waals surface area contributed by atoms with E-state index in [0.29, 0.717) is 65.6 Å². The molecule has 1 aliphatic carbocycles. The van der Waals surface area contributed by atoms with Gasteiger partial charge in [-0.3, -0.25) is 4.79 Å². The van der Waals surface area contributed by atoms with Gasteiger partial charge in [-0.1, -0.05) is 23.3 Å². The largest absolute Gasteiger partial charge is 0.379 e. The molecule has 0 unspecified atom stereocenters. The highest BCUT2D eigenvalue weighted by molar-refractivity contribution is 5.88. The summed E-state index contributed by atoms with van der Waals surface area (Å²) < 4.78 is 16.1. The molecule has 0 fully saturated rings. The predicted octanol–water partition coefficient (Wildman–Crippen LogP) is 3.19. The summed E-state index contributed by atoms with van der Waals surface area (Å²) in [4.78, 5) is 18.7. The van der Waals surface area contributed by atoms with Gasteiger partial charge in [-0.2, -0.15) is 0 Å². The van der Waals surface area contributed by atoms with Gasteiger partial charge < -0.3 is 19.5 Å². The molecule has 1 aliphatic rings. The van der Waals surface area contributed by atoms with E-state index in [1.54, 1.807) is 0 Å². The third-order valence-corrected chi connectivity index (χ3v) is 4.77. The van der Waals surface area contributed by atoms with Crippen molar-refractivity contribution in [3.8, 4) is 11.1 Å². The normalized spacial score (nSPS) is 12.5. The molecular weight excluding hydrogens is 398 g/mol. The molecule has 31 heavy (non-hydrogen) atoms. The number of ether oxygens (including phenoxy) is 3. The first-order valence-electron chi connectivity index (χ1n) is 10.3. The van der Waals surface area contributed by atoms with E-state index in [9.17, 15) is 4.79 Å². The highest BCUT2D eigenvalue weighted by Gasteiger charge is 2.18. The van der Waals surface area contributed by atoms with Crippen molar-refractivity contribution in [1.29, 1.82) is 0 Å². The minimum atomic E-state index is 0.284. The molecule has 0 amide bonds. The number of hydrogen-bond acceptors (Lipinski definition) is 7. The van der Waals surface area contributed by atoms with Gasteiger partial charge in [0.1, 0.15) is 11.6 Å². The van der Waals surface area contributed by atoms with E-state index in [2.05, 4.69) is 26.4 Å². The fourth-order valence-corrected chi connectivity index (χ4v) is 3.24. The van der Waals surface area contributed by atoms with Crippen LogP contribution in [-0.4, -0.2) is 63.5 Å². The molecule has 1 aromatic heterocycles. The Labute approximate surface area is 181 Å². The molecule has 0 saturated heterocycles. The quantitative estimate of drug-likeness (QED) is 0.215. The standard InChI is InChI=1S/C22H27N5O4/c23-27-26-6-8-30-10-12-31-11-9-29-7-5-24-22-4-3-19(16-25-22)17-1-2-18-14-21(28)15-20(18)13-17/h1-4,13,16H,5-12,14-15H2,(H,24,25). The summed E-state index contributed by atoms with van der Waals surface area (Å²) in [6, 6.07) is 10.2. The number of azide groups is 1. The molecular formula is C22H27N5O4. The van der Waals surface area contributed by atoms with E-state index in [1.807, 2.05) is 30.5 Å². The monoisotopic (exact) mass is 425 g/mol. The SMILES string of the molecule is [N-]=[N+]=NCCOCCOCCOCCNc1ccc(-c2ccc3c(c2)CC(=O)C3)cn1. The summed E-state index contributed by atoms with van der Waals surface area (Å²) in [6.45, 7) is 3.89. The number of rotatable bonds is 14. The van der Waals surface area contributed by atoms with E-state index in [-0.39, 0.29) is 5.78 Å². The van der Waals surface area contributed by atoms with E-state index >= 15 is 0 Å². The van der Waals surface area contributed by atoms with Gasteiger partial charge in [0.25, 0.3) is 0 Å². The number of Topliss-reactive ketones (excluding diaryl/α,β-unsaturated/α-hetero) is 1. The zero-order valence-electron chi connectivity index (χ0n) is 17.5. The van der Waals surface area contributed by atoms with Gasteiger partial charge in [-0.05, 0) is 34.4 Å². The first-order valence-corrected chi connectivity index (χ1v) is 10.3. The van der Waals surface area contributed by atoms with Crippen LogP contribution in [0.5, 0.6) is 0 Å². The van der Waals surface area contributed by atoms with Crippen LogP contribution in [0.4, 0.5) is 5.82 Å². The van der Waals surface area contributed by atoms with E-state index < -0.39 is 0 Å². The smallest absolute Gasteiger partial charge is 0.141 e. The average molecular weight is 425 g/mol. The molecule has 2 aromatic rings. The lowest BCUT2D eigenvalue weighted by molar-refractivity contribution is -0.117. The maximum Gasteiger partial charge on any atom is 0.141 e. The Balaban J connectivity index is 1.26. The lowest BCUT2D eigenvalue weighted by atomic mass is 10.0. The number of pyridine rings is 1. The Bertz CT molecular complexity index is 897. The number of carbonyl (C=O) groups is 1. The van der Waals surface area contributed by atoms with Gasteiger partial charge in [0.15, 0.2) is 0 Å². The molecule has 1 heterocycles. The molecule has 3 rings (SSSR count). The Hall–Kier alpha value is -2.97. The van der Waals surface area contributed by atoms with Crippen molar-refractivity contribution in [1.82, 2.24) is 4.98 Å². The Morgan fingerprint density at radius 2 is 1.65 bits per heavy atom. The van der Waals surface area contributed by atoms with Crippen molar-refractivity contribution in [2.75, 3.05) is 58.0 Å². The van der Waals surface area contributed by atoms with Crippen molar-refractivity contribution in [3.05, 3.63) is 58.1 Å². The number of aromatic nitrogens is 1. The first kappa shape index (κ1) is 22.7. The maximum atomic E-state index is 11.6. The lowest BCUT2D eigenvalue weighted by Gasteiger charge is -2.09. The van der Waals surface area contributed by atoms with Gasteiger partial charge in [0.05, 0.1) is 39.6 Å². The average Bonchev–Trinajstić information content (AvgIpc) is 3.16. The second-order valence-corrected chi connectivity index (χ2v) is 7.03. The second kappa shape index (κ2) is 12.7. The first-order chi connectivity index (χ1) is 15.3. The Morgan fingerprint density at radius 3 is 2.39 bits per heavy atom. The number of carbonyl (C=O) groups excluding carboxylic acids is 1. The van der Waals surface area contributed by atoms with Crippen LogP contribution < -0.4 is 5.32 Å². The van der Waals surface area contributed by atoms with Crippen LogP contribution in [0.3, 0.4) is 0 Å². The number of hydrogen-bond donors (Lipinski definition) is 1. The topological polar surface area (TPSA) is 118 Å². The van der Waals surface area contributed by atoms with Crippen LogP contribution in [0.25, 0.3) is 21.6 Å². The maximum absolute atomic E-state index is 11.6. The molecule has 0 aliphatic heterocycles. The summed E-state index contributed by atoms with van der Waals surface area (Å²) in [7, 11) is 0. The number of nitrogens with one attached hydrogen (secondary N) is 1. The number of ketones is 1. The number of fused-ring (bicyclic) bond motifs is 1. The van der Waals surface area contributed by atoms with Crippen molar-refractivity contribution in [3.63, 3.8) is 0 Å².